The zero-order valence-electron chi connectivity index (χ0n) is 23.4. The van der Waals surface area contributed by atoms with Gasteiger partial charge in [0.25, 0.3) is 5.91 Å². The highest BCUT2D eigenvalue weighted by molar-refractivity contribution is 6.00. The van der Waals surface area contributed by atoms with Crippen LogP contribution in [-0.4, -0.2) is 66.2 Å². The zero-order valence-corrected chi connectivity index (χ0v) is 23.4. The number of aromatic amines is 1. The number of ether oxygens (including phenoxy) is 1. The number of H-pyrrole nitrogens is 1. The summed E-state index contributed by atoms with van der Waals surface area (Å²) < 4.78 is 32.3. The minimum atomic E-state index is -1.16. The fourth-order valence-corrected chi connectivity index (χ4v) is 3.99. The first kappa shape index (κ1) is 31.7. The first-order valence-corrected chi connectivity index (χ1v) is 13.6. The summed E-state index contributed by atoms with van der Waals surface area (Å²) in [5.41, 5.74) is 5.55. The van der Waals surface area contributed by atoms with Crippen LogP contribution in [0.15, 0.2) is 18.2 Å². The Balaban J connectivity index is 0.00000106. The van der Waals surface area contributed by atoms with Gasteiger partial charge in [0.05, 0.1) is 18.1 Å². The van der Waals surface area contributed by atoms with Crippen LogP contribution in [0, 0.1) is 29.4 Å². The molecular formula is C28H37F2N5O6. The van der Waals surface area contributed by atoms with Gasteiger partial charge in [-0.15, -0.1) is 0 Å². The van der Waals surface area contributed by atoms with Crippen molar-refractivity contribution in [3.05, 3.63) is 35.5 Å². The van der Waals surface area contributed by atoms with Crippen molar-refractivity contribution in [1.29, 1.82) is 0 Å². The molecule has 1 aromatic heterocycles. The Labute approximate surface area is 236 Å². The molecule has 6 N–H and O–H groups in total. The number of carbonyl (C=O) groups excluding carboxylic acids is 5. The fraction of sp³-hybridized carbons (Fsp3) is 0.536. The molecule has 0 spiro atoms. The molecule has 1 saturated heterocycles. The van der Waals surface area contributed by atoms with Gasteiger partial charge in [-0.1, -0.05) is 33.6 Å². The molecule has 224 valence electrons. The zero-order chi connectivity index (χ0) is 30.3. The number of halogens is 2. The average Bonchev–Trinajstić information content (AvgIpc) is 3.40. The van der Waals surface area contributed by atoms with Gasteiger partial charge in [-0.05, 0) is 36.8 Å². The molecule has 41 heavy (non-hydrogen) atoms. The molecule has 1 aliphatic carbocycles. The molecule has 4 rings (SSSR count). The SMILES string of the molecule is CC(C)C(N)C(=O)OCC(=O)[C@H](C[C@@H]1CCNC1=O)NC(=O)CNC(=O)c1cc2cc(F)cc(F)c2[nH]1.CC1CC1. The number of esters is 1. The summed E-state index contributed by atoms with van der Waals surface area (Å²) in [6.45, 7) is 4.94. The number of hydrogen-bond acceptors (Lipinski definition) is 7. The highest BCUT2D eigenvalue weighted by Crippen LogP contribution is 2.26. The highest BCUT2D eigenvalue weighted by Gasteiger charge is 2.32. The number of nitrogens with two attached hydrogens (primary N) is 1. The van der Waals surface area contributed by atoms with Gasteiger partial charge < -0.3 is 31.4 Å². The minimum absolute atomic E-state index is 0.0228. The van der Waals surface area contributed by atoms with Crippen LogP contribution < -0.4 is 21.7 Å². The molecular weight excluding hydrogens is 540 g/mol. The number of aromatic nitrogens is 1. The standard InChI is InChI=1S/C24H29F2N5O6.C4H8/c1-11(2)20(27)24(36)37-10-18(32)16(6-12-3-4-28-22(12)34)30-19(33)9-29-23(35)17-7-13-5-14(25)8-15(26)21(13)31-17;1-4-2-3-4/h5,7-8,11-12,16,20,31H,3-4,6,9-10,27H2,1-2H3,(H,28,34)(H,29,35)(H,30,33);4H,2-3H2,1H3/t12-,16-,20?;/m0./s1. The van der Waals surface area contributed by atoms with Gasteiger partial charge >= 0.3 is 5.97 Å². The Morgan fingerprint density at radius 2 is 1.80 bits per heavy atom. The number of Topliss-reactive ketones (excluding diaryl/α,β-unsaturated/α-hetero) is 1. The van der Waals surface area contributed by atoms with Crippen molar-refractivity contribution < 1.29 is 37.5 Å². The highest BCUT2D eigenvalue weighted by atomic mass is 19.1. The van der Waals surface area contributed by atoms with E-state index in [9.17, 15) is 32.8 Å². The smallest absolute Gasteiger partial charge is 0.323 e. The molecule has 1 saturated carbocycles. The van der Waals surface area contributed by atoms with Gasteiger partial charge in [0.2, 0.25) is 11.8 Å². The maximum Gasteiger partial charge on any atom is 0.323 e. The lowest BCUT2D eigenvalue weighted by molar-refractivity contribution is -0.151. The molecule has 3 amide bonds. The van der Waals surface area contributed by atoms with Crippen molar-refractivity contribution in [3.8, 4) is 0 Å². The lowest BCUT2D eigenvalue weighted by Crippen LogP contribution is -2.48. The lowest BCUT2D eigenvalue weighted by Gasteiger charge is -2.21. The third-order valence-corrected chi connectivity index (χ3v) is 6.92. The molecule has 0 bridgehead atoms. The summed E-state index contributed by atoms with van der Waals surface area (Å²) in [4.78, 5) is 64.2. The first-order valence-electron chi connectivity index (χ1n) is 13.6. The van der Waals surface area contributed by atoms with E-state index in [0.717, 1.165) is 12.0 Å². The van der Waals surface area contributed by atoms with E-state index in [0.29, 0.717) is 19.0 Å². The molecule has 2 fully saturated rings. The average molecular weight is 578 g/mol. The maximum absolute atomic E-state index is 13.9. The van der Waals surface area contributed by atoms with Crippen LogP contribution in [0.5, 0.6) is 0 Å². The van der Waals surface area contributed by atoms with E-state index in [1.165, 1.54) is 18.9 Å². The molecule has 1 aliphatic heterocycles. The number of benzene rings is 1. The molecule has 2 aromatic rings. The van der Waals surface area contributed by atoms with Gasteiger partial charge in [0, 0.05) is 23.9 Å². The summed E-state index contributed by atoms with van der Waals surface area (Å²) in [6.07, 6.45) is 3.41. The summed E-state index contributed by atoms with van der Waals surface area (Å²) in [6, 6.07) is 0.867. The van der Waals surface area contributed by atoms with E-state index in [-0.39, 0.29) is 34.8 Å². The number of carbonyl (C=O) groups is 5. The van der Waals surface area contributed by atoms with E-state index in [4.69, 9.17) is 10.5 Å². The number of amides is 3. The Morgan fingerprint density at radius 3 is 2.39 bits per heavy atom. The number of rotatable bonds is 11. The number of fused-ring (bicyclic) bond motifs is 1. The van der Waals surface area contributed by atoms with Gasteiger partial charge in [0.15, 0.2) is 12.4 Å². The van der Waals surface area contributed by atoms with Crippen LogP contribution in [0.2, 0.25) is 0 Å². The molecule has 0 radical (unpaired) electrons. The second kappa shape index (κ2) is 14.2. The first-order chi connectivity index (χ1) is 19.3. The van der Waals surface area contributed by atoms with Gasteiger partial charge in [-0.2, -0.15) is 0 Å². The van der Waals surface area contributed by atoms with E-state index in [2.05, 4.69) is 27.9 Å². The molecule has 1 unspecified atom stereocenters. The van der Waals surface area contributed by atoms with Crippen LogP contribution in [0.4, 0.5) is 8.78 Å². The Hall–Kier alpha value is -3.87. The summed E-state index contributed by atoms with van der Waals surface area (Å²) in [5, 5.41) is 7.58. The predicted molar refractivity (Wildman–Crippen MR) is 145 cm³/mol. The molecule has 13 heteroatoms. The fourth-order valence-electron chi connectivity index (χ4n) is 3.99. The predicted octanol–water partition coefficient (Wildman–Crippen LogP) is 1.70. The van der Waals surface area contributed by atoms with Crippen LogP contribution >= 0.6 is 0 Å². The van der Waals surface area contributed by atoms with Crippen LogP contribution in [0.1, 0.15) is 56.9 Å². The molecule has 2 heterocycles. The van der Waals surface area contributed by atoms with E-state index >= 15 is 0 Å². The van der Waals surface area contributed by atoms with Crippen LogP contribution in [0.3, 0.4) is 0 Å². The van der Waals surface area contributed by atoms with Crippen molar-refractivity contribution in [3.63, 3.8) is 0 Å². The topological polar surface area (TPSA) is 172 Å². The van der Waals surface area contributed by atoms with Gasteiger partial charge in [-0.3, -0.25) is 24.0 Å². The lowest BCUT2D eigenvalue weighted by atomic mass is 9.96. The Kier molecular flexibility index (Phi) is 10.9. The quantitative estimate of drug-likeness (QED) is 0.253. The van der Waals surface area contributed by atoms with Crippen molar-refractivity contribution in [2.45, 2.75) is 58.5 Å². The van der Waals surface area contributed by atoms with Crippen molar-refractivity contribution >= 4 is 40.4 Å². The second-order valence-electron chi connectivity index (χ2n) is 10.9. The van der Waals surface area contributed by atoms with E-state index < -0.39 is 66.4 Å². The summed E-state index contributed by atoms with van der Waals surface area (Å²) >= 11 is 0. The second-order valence-corrected chi connectivity index (χ2v) is 10.9. The normalized spacial score (nSPS) is 17.7. The Bertz CT molecular complexity index is 1290. The third kappa shape index (κ3) is 9.34. The van der Waals surface area contributed by atoms with Crippen molar-refractivity contribution in [2.75, 3.05) is 19.7 Å². The molecule has 3 atom stereocenters. The van der Waals surface area contributed by atoms with E-state index in [1.807, 2.05) is 0 Å². The number of ketones is 1. The van der Waals surface area contributed by atoms with Crippen molar-refractivity contribution in [2.24, 2.45) is 23.5 Å². The third-order valence-electron chi connectivity index (χ3n) is 6.92. The van der Waals surface area contributed by atoms with Crippen LogP contribution in [0.25, 0.3) is 10.9 Å². The van der Waals surface area contributed by atoms with Crippen molar-refractivity contribution in [1.82, 2.24) is 20.9 Å². The van der Waals surface area contributed by atoms with E-state index in [1.54, 1.807) is 13.8 Å². The summed E-state index contributed by atoms with van der Waals surface area (Å²) in [7, 11) is 0. The van der Waals surface area contributed by atoms with Gasteiger partial charge in [0.1, 0.15) is 23.4 Å². The Morgan fingerprint density at radius 1 is 1.12 bits per heavy atom. The number of nitrogens with one attached hydrogen (secondary N) is 4. The monoisotopic (exact) mass is 577 g/mol. The molecule has 1 aromatic carbocycles. The molecule has 11 nitrogen and oxygen atoms in total. The van der Waals surface area contributed by atoms with Crippen LogP contribution in [-0.2, 0) is 23.9 Å². The largest absolute Gasteiger partial charge is 0.456 e. The number of hydrogen-bond donors (Lipinski definition) is 5. The summed E-state index contributed by atoms with van der Waals surface area (Å²) in [5.74, 6) is -4.52. The maximum atomic E-state index is 13.9. The molecule has 2 aliphatic rings. The van der Waals surface area contributed by atoms with Gasteiger partial charge in [-0.25, -0.2) is 8.78 Å². The minimum Gasteiger partial charge on any atom is -0.456 e.